The summed E-state index contributed by atoms with van der Waals surface area (Å²) in [6.45, 7) is 8.23. The van der Waals surface area contributed by atoms with E-state index in [2.05, 4.69) is 11.5 Å². The zero-order chi connectivity index (χ0) is 10.7. The van der Waals surface area contributed by atoms with E-state index >= 15 is 0 Å². The van der Waals surface area contributed by atoms with E-state index in [0.29, 0.717) is 6.54 Å². The Hall–Kier alpha value is -0.340. The first kappa shape index (κ1) is 11.2. The molecule has 2 N–H and O–H groups in total. The highest BCUT2D eigenvalue weighted by molar-refractivity contribution is 5.00. The SMILES string of the molecule is C=C(CN)CN1CCC2CCCCC2C1. The maximum atomic E-state index is 5.59. The second-order valence-electron chi connectivity index (χ2n) is 5.28. The van der Waals surface area contributed by atoms with Gasteiger partial charge in [0.15, 0.2) is 0 Å². The standard InChI is InChI=1S/C13H24N2/c1-11(8-14)9-15-7-6-12-4-2-3-5-13(12)10-15/h12-13H,1-10,14H2. The first-order chi connectivity index (χ1) is 7.29. The van der Waals surface area contributed by atoms with Gasteiger partial charge in [0.05, 0.1) is 0 Å². The van der Waals surface area contributed by atoms with Crippen LogP contribution in [0.2, 0.25) is 0 Å². The minimum absolute atomic E-state index is 0.643. The zero-order valence-electron chi connectivity index (χ0n) is 9.75. The molecule has 0 aromatic rings. The Kier molecular flexibility index (Phi) is 3.81. The van der Waals surface area contributed by atoms with Crippen molar-refractivity contribution >= 4 is 0 Å². The summed E-state index contributed by atoms with van der Waals surface area (Å²) in [6, 6.07) is 0. The maximum absolute atomic E-state index is 5.59. The topological polar surface area (TPSA) is 29.3 Å². The van der Waals surface area contributed by atoms with E-state index in [1.54, 1.807) is 0 Å². The largest absolute Gasteiger partial charge is 0.327 e. The Balaban J connectivity index is 1.83. The maximum Gasteiger partial charge on any atom is 0.0202 e. The monoisotopic (exact) mass is 208 g/mol. The van der Waals surface area contributed by atoms with Crippen molar-refractivity contribution in [2.45, 2.75) is 32.1 Å². The van der Waals surface area contributed by atoms with Gasteiger partial charge in [-0.25, -0.2) is 0 Å². The predicted octanol–water partition coefficient (Wildman–Crippen LogP) is 2.01. The molecule has 2 heteroatoms. The molecule has 1 aliphatic carbocycles. The number of rotatable bonds is 3. The van der Waals surface area contributed by atoms with Crippen LogP contribution in [-0.4, -0.2) is 31.1 Å². The van der Waals surface area contributed by atoms with Crippen LogP contribution in [0.4, 0.5) is 0 Å². The van der Waals surface area contributed by atoms with Gasteiger partial charge in [0.2, 0.25) is 0 Å². The fraction of sp³-hybridized carbons (Fsp3) is 0.846. The average Bonchev–Trinajstić information content (AvgIpc) is 2.29. The van der Waals surface area contributed by atoms with Crippen LogP contribution < -0.4 is 5.73 Å². The molecule has 2 fully saturated rings. The Morgan fingerprint density at radius 2 is 1.93 bits per heavy atom. The highest BCUT2D eigenvalue weighted by Crippen LogP contribution is 2.35. The number of likely N-dealkylation sites (tertiary alicyclic amines) is 1. The van der Waals surface area contributed by atoms with Gasteiger partial charge in [-0.1, -0.05) is 25.8 Å². The number of piperidine rings is 1. The van der Waals surface area contributed by atoms with E-state index in [-0.39, 0.29) is 0 Å². The normalized spacial score (nSPS) is 32.3. The van der Waals surface area contributed by atoms with Gasteiger partial charge in [-0.15, -0.1) is 0 Å². The van der Waals surface area contributed by atoms with E-state index in [1.165, 1.54) is 50.8 Å². The Morgan fingerprint density at radius 3 is 2.67 bits per heavy atom. The molecule has 0 amide bonds. The quantitative estimate of drug-likeness (QED) is 0.719. The molecule has 2 unspecified atom stereocenters. The van der Waals surface area contributed by atoms with Crippen molar-refractivity contribution in [1.82, 2.24) is 4.90 Å². The van der Waals surface area contributed by atoms with Crippen molar-refractivity contribution in [3.63, 3.8) is 0 Å². The lowest BCUT2D eigenvalue weighted by molar-refractivity contribution is 0.0933. The van der Waals surface area contributed by atoms with E-state index in [9.17, 15) is 0 Å². The van der Waals surface area contributed by atoms with Crippen LogP contribution in [0.15, 0.2) is 12.2 Å². The van der Waals surface area contributed by atoms with Crippen LogP contribution in [0.25, 0.3) is 0 Å². The van der Waals surface area contributed by atoms with Crippen molar-refractivity contribution in [1.29, 1.82) is 0 Å². The third kappa shape index (κ3) is 2.82. The van der Waals surface area contributed by atoms with Gasteiger partial charge >= 0.3 is 0 Å². The summed E-state index contributed by atoms with van der Waals surface area (Å²) >= 11 is 0. The van der Waals surface area contributed by atoms with Gasteiger partial charge in [0.1, 0.15) is 0 Å². The molecule has 0 aromatic carbocycles. The molecule has 2 aliphatic rings. The lowest BCUT2D eigenvalue weighted by Gasteiger charge is -2.41. The molecule has 1 saturated heterocycles. The molecule has 0 bridgehead atoms. The predicted molar refractivity (Wildman–Crippen MR) is 64.7 cm³/mol. The number of hydrogen-bond acceptors (Lipinski definition) is 2. The summed E-state index contributed by atoms with van der Waals surface area (Å²) in [4.78, 5) is 2.56. The summed E-state index contributed by atoms with van der Waals surface area (Å²) in [5.41, 5.74) is 6.78. The van der Waals surface area contributed by atoms with Crippen LogP contribution in [0.5, 0.6) is 0 Å². The Bertz CT molecular complexity index is 225. The first-order valence-electron chi connectivity index (χ1n) is 6.38. The van der Waals surface area contributed by atoms with Crippen molar-refractivity contribution in [2.24, 2.45) is 17.6 Å². The molecule has 15 heavy (non-hydrogen) atoms. The summed E-state index contributed by atoms with van der Waals surface area (Å²) in [5, 5.41) is 0. The van der Waals surface area contributed by atoms with E-state index in [1.807, 2.05) is 0 Å². The van der Waals surface area contributed by atoms with Crippen LogP contribution in [0.1, 0.15) is 32.1 Å². The van der Waals surface area contributed by atoms with Crippen LogP contribution in [0, 0.1) is 11.8 Å². The lowest BCUT2D eigenvalue weighted by atomic mass is 9.75. The van der Waals surface area contributed by atoms with Crippen molar-refractivity contribution in [3.8, 4) is 0 Å². The van der Waals surface area contributed by atoms with Gasteiger partial charge < -0.3 is 5.73 Å². The fourth-order valence-electron chi connectivity index (χ4n) is 3.20. The van der Waals surface area contributed by atoms with Crippen molar-refractivity contribution < 1.29 is 0 Å². The second kappa shape index (κ2) is 5.13. The van der Waals surface area contributed by atoms with E-state index < -0.39 is 0 Å². The summed E-state index contributed by atoms with van der Waals surface area (Å²) < 4.78 is 0. The zero-order valence-corrected chi connectivity index (χ0v) is 9.75. The van der Waals surface area contributed by atoms with Gasteiger partial charge in [-0.3, -0.25) is 4.90 Å². The smallest absolute Gasteiger partial charge is 0.0202 e. The van der Waals surface area contributed by atoms with Crippen molar-refractivity contribution in [2.75, 3.05) is 26.2 Å². The van der Waals surface area contributed by atoms with Crippen LogP contribution in [0.3, 0.4) is 0 Å². The molecule has 2 nitrogen and oxygen atoms in total. The van der Waals surface area contributed by atoms with Gasteiger partial charge in [-0.05, 0) is 36.8 Å². The summed E-state index contributed by atoms with van der Waals surface area (Å²) in [6.07, 6.45) is 7.26. The molecule has 0 radical (unpaired) electrons. The van der Waals surface area contributed by atoms with Crippen LogP contribution >= 0.6 is 0 Å². The Labute approximate surface area is 93.5 Å². The molecule has 2 atom stereocenters. The second-order valence-corrected chi connectivity index (χ2v) is 5.28. The summed E-state index contributed by atoms with van der Waals surface area (Å²) in [5.74, 6) is 2.00. The minimum atomic E-state index is 0.643. The molecular formula is C13H24N2. The molecule has 0 spiro atoms. The molecule has 1 heterocycles. The van der Waals surface area contributed by atoms with Crippen LogP contribution in [-0.2, 0) is 0 Å². The molecule has 0 aromatic heterocycles. The van der Waals surface area contributed by atoms with Gasteiger partial charge in [0.25, 0.3) is 0 Å². The van der Waals surface area contributed by atoms with Gasteiger partial charge in [-0.2, -0.15) is 0 Å². The minimum Gasteiger partial charge on any atom is -0.327 e. The third-order valence-corrected chi connectivity index (χ3v) is 4.11. The number of fused-ring (bicyclic) bond motifs is 1. The van der Waals surface area contributed by atoms with E-state index in [4.69, 9.17) is 5.73 Å². The van der Waals surface area contributed by atoms with Crippen molar-refractivity contribution in [3.05, 3.63) is 12.2 Å². The average molecular weight is 208 g/mol. The fourth-order valence-corrected chi connectivity index (χ4v) is 3.20. The lowest BCUT2D eigenvalue weighted by Crippen LogP contribution is -2.42. The number of nitrogens with zero attached hydrogens (tertiary/aromatic N) is 1. The molecule has 1 aliphatic heterocycles. The van der Waals surface area contributed by atoms with E-state index in [0.717, 1.165) is 18.4 Å². The third-order valence-electron chi connectivity index (χ3n) is 4.11. The molecule has 2 rings (SSSR count). The summed E-state index contributed by atoms with van der Waals surface area (Å²) in [7, 11) is 0. The highest BCUT2D eigenvalue weighted by atomic mass is 15.1. The Morgan fingerprint density at radius 1 is 1.20 bits per heavy atom. The number of hydrogen-bond donors (Lipinski definition) is 1. The molecule has 86 valence electrons. The van der Waals surface area contributed by atoms with Gasteiger partial charge in [0, 0.05) is 19.6 Å². The number of nitrogens with two attached hydrogens (primary N) is 1. The molecule has 1 saturated carbocycles. The first-order valence-corrected chi connectivity index (χ1v) is 6.38. The highest BCUT2D eigenvalue weighted by Gasteiger charge is 2.30. The molecular weight excluding hydrogens is 184 g/mol.